The number of anilines is 1. The molecular weight excluding hydrogens is 332 g/mol. The summed E-state index contributed by atoms with van der Waals surface area (Å²) in [6.07, 6.45) is 1.12. The van der Waals surface area contributed by atoms with E-state index in [9.17, 15) is 9.59 Å². The number of methoxy groups -OCH3 is 1. The van der Waals surface area contributed by atoms with Gasteiger partial charge in [-0.05, 0) is 49.2 Å². The molecule has 0 saturated heterocycles. The number of benzene rings is 2. The molecular formula is C20H22N2O4. The van der Waals surface area contributed by atoms with E-state index in [1.165, 1.54) is 0 Å². The van der Waals surface area contributed by atoms with Crippen molar-refractivity contribution in [2.24, 2.45) is 5.41 Å². The lowest BCUT2D eigenvalue weighted by Crippen LogP contribution is -2.41. The van der Waals surface area contributed by atoms with Crippen LogP contribution in [0.1, 0.15) is 12.8 Å². The second kappa shape index (κ2) is 8.01. The molecule has 6 nitrogen and oxygen atoms in total. The van der Waals surface area contributed by atoms with Gasteiger partial charge in [0.15, 0.2) is 0 Å². The van der Waals surface area contributed by atoms with Crippen molar-refractivity contribution in [3.8, 4) is 11.5 Å². The maximum Gasteiger partial charge on any atom is 0.240 e. The quantitative estimate of drug-likeness (QED) is 0.564. The second-order valence-electron chi connectivity index (χ2n) is 6.22. The average molecular weight is 354 g/mol. The first-order valence-corrected chi connectivity index (χ1v) is 8.56. The van der Waals surface area contributed by atoms with Crippen molar-refractivity contribution in [1.82, 2.24) is 5.32 Å². The van der Waals surface area contributed by atoms with Gasteiger partial charge < -0.3 is 20.1 Å². The van der Waals surface area contributed by atoms with Crippen molar-refractivity contribution < 1.29 is 19.1 Å². The monoisotopic (exact) mass is 354 g/mol. The van der Waals surface area contributed by atoms with Gasteiger partial charge in [0.1, 0.15) is 16.9 Å². The van der Waals surface area contributed by atoms with Crippen LogP contribution in [0.5, 0.6) is 11.5 Å². The Kier molecular flexibility index (Phi) is 5.53. The first-order valence-electron chi connectivity index (χ1n) is 8.56. The van der Waals surface area contributed by atoms with Crippen LogP contribution in [0.3, 0.4) is 0 Å². The third-order valence-electron chi connectivity index (χ3n) is 4.30. The number of rotatable bonds is 8. The molecule has 3 rings (SSSR count). The summed E-state index contributed by atoms with van der Waals surface area (Å²) in [7, 11) is 1.57. The molecule has 2 N–H and O–H groups in total. The first kappa shape index (κ1) is 17.9. The fourth-order valence-electron chi connectivity index (χ4n) is 2.60. The van der Waals surface area contributed by atoms with Crippen molar-refractivity contribution in [2.45, 2.75) is 12.8 Å². The van der Waals surface area contributed by atoms with Gasteiger partial charge >= 0.3 is 0 Å². The van der Waals surface area contributed by atoms with Gasteiger partial charge in [-0.15, -0.1) is 0 Å². The molecule has 136 valence electrons. The van der Waals surface area contributed by atoms with Crippen molar-refractivity contribution in [2.75, 3.05) is 25.6 Å². The van der Waals surface area contributed by atoms with Gasteiger partial charge in [0.05, 0.1) is 6.61 Å². The van der Waals surface area contributed by atoms with Gasteiger partial charge in [-0.2, -0.15) is 0 Å². The number of para-hydroxylation sites is 1. The Morgan fingerprint density at radius 2 is 1.62 bits per heavy atom. The fraction of sp³-hybridized carbons (Fsp3) is 0.300. The zero-order valence-electron chi connectivity index (χ0n) is 14.7. The highest BCUT2D eigenvalue weighted by Crippen LogP contribution is 2.46. The highest BCUT2D eigenvalue weighted by molar-refractivity contribution is 6.13. The summed E-state index contributed by atoms with van der Waals surface area (Å²) in [6.45, 7) is 0.822. The summed E-state index contributed by atoms with van der Waals surface area (Å²) in [6, 6.07) is 16.5. The Morgan fingerprint density at radius 3 is 2.23 bits per heavy atom. The van der Waals surface area contributed by atoms with Gasteiger partial charge in [0.25, 0.3) is 0 Å². The van der Waals surface area contributed by atoms with E-state index >= 15 is 0 Å². The molecule has 1 fully saturated rings. The average Bonchev–Trinajstić information content (AvgIpc) is 3.46. The summed E-state index contributed by atoms with van der Waals surface area (Å²) in [5.41, 5.74) is -0.321. The van der Waals surface area contributed by atoms with Crippen LogP contribution < -0.4 is 15.4 Å². The van der Waals surface area contributed by atoms with Crippen LogP contribution in [0.15, 0.2) is 54.6 Å². The minimum atomic E-state index is -0.951. The lowest BCUT2D eigenvalue weighted by Gasteiger charge is -2.15. The molecule has 0 atom stereocenters. The van der Waals surface area contributed by atoms with E-state index in [2.05, 4.69) is 10.6 Å². The van der Waals surface area contributed by atoms with E-state index in [0.29, 0.717) is 37.4 Å². The van der Waals surface area contributed by atoms with Crippen LogP contribution in [0.4, 0.5) is 5.69 Å². The van der Waals surface area contributed by atoms with Crippen LogP contribution >= 0.6 is 0 Å². The first-order chi connectivity index (χ1) is 12.6. The summed E-state index contributed by atoms with van der Waals surface area (Å²) < 4.78 is 10.6. The van der Waals surface area contributed by atoms with Crippen molar-refractivity contribution in [3.05, 3.63) is 54.6 Å². The lowest BCUT2D eigenvalue weighted by atomic mass is 10.1. The maximum absolute atomic E-state index is 12.5. The van der Waals surface area contributed by atoms with E-state index in [1.54, 1.807) is 31.4 Å². The molecule has 0 spiro atoms. The Balaban J connectivity index is 1.57. The molecule has 6 heteroatoms. The molecule has 0 unspecified atom stereocenters. The highest BCUT2D eigenvalue weighted by atomic mass is 16.5. The topological polar surface area (TPSA) is 76.7 Å². The van der Waals surface area contributed by atoms with E-state index in [-0.39, 0.29) is 11.8 Å². The van der Waals surface area contributed by atoms with Crippen LogP contribution in [-0.4, -0.2) is 32.1 Å². The lowest BCUT2D eigenvalue weighted by molar-refractivity contribution is -0.134. The van der Waals surface area contributed by atoms with Crippen molar-refractivity contribution >= 4 is 17.5 Å². The summed E-state index contributed by atoms with van der Waals surface area (Å²) in [5.74, 6) is 0.904. The second-order valence-corrected chi connectivity index (χ2v) is 6.22. The molecule has 0 heterocycles. The Morgan fingerprint density at radius 1 is 0.962 bits per heavy atom. The molecule has 0 radical (unpaired) electrons. The summed E-state index contributed by atoms with van der Waals surface area (Å²) in [5, 5.41) is 5.57. The zero-order valence-corrected chi connectivity index (χ0v) is 14.7. The van der Waals surface area contributed by atoms with Crippen LogP contribution in [0.25, 0.3) is 0 Å². The van der Waals surface area contributed by atoms with Gasteiger partial charge in [-0.3, -0.25) is 9.59 Å². The van der Waals surface area contributed by atoms with Gasteiger partial charge in [-0.1, -0.05) is 18.2 Å². The minimum absolute atomic E-state index is 0.240. The zero-order chi connectivity index (χ0) is 18.4. The Bertz CT molecular complexity index is 755. The van der Waals surface area contributed by atoms with Gasteiger partial charge in [0, 0.05) is 19.3 Å². The molecule has 26 heavy (non-hydrogen) atoms. The smallest absolute Gasteiger partial charge is 0.240 e. The molecule has 1 saturated carbocycles. The summed E-state index contributed by atoms with van der Waals surface area (Å²) >= 11 is 0. The van der Waals surface area contributed by atoms with Gasteiger partial charge in [0.2, 0.25) is 11.8 Å². The third kappa shape index (κ3) is 4.21. The molecule has 2 aromatic rings. The molecule has 0 aliphatic heterocycles. The molecule has 2 amide bonds. The van der Waals surface area contributed by atoms with Crippen LogP contribution in [0.2, 0.25) is 0 Å². The molecule has 0 aromatic heterocycles. The maximum atomic E-state index is 12.5. The normalized spacial score (nSPS) is 14.3. The minimum Gasteiger partial charge on any atom is -0.457 e. The summed E-state index contributed by atoms with van der Waals surface area (Å²) in [4.78, 5) is 24.8. The standard InChI is InChI=1S/C20H22N2O4/c1-25-14-13-21-18(23)20(11-12-20)19(24)22-15-7-9-17(10-8-15)26-16-5-3-2-4-6-16/h2-10H,11-14H2,1H3,(H,21,23)(H,22,24). The molecule has 1 aliphatic rings. The largest absolute Gasteiger partial charge is 0.457 e. The number of hydrogen-bond acceptors (Lipinski definition) is 4. The third-order valence-corrected chi connectivity index (χ3v) is 4.30. The van der Waals surface area contributed by atoms with Crippen molar-refractivity contribution in [3.63, 3.8) is 0 Å². The Labute approximate surface area is 152 Å². The number of hydrogen-bond donors (Lipinski definition) is 2. The Hall–Kier alpha value is -2.86. The number of ether oxygens (including phenoxy) is 2. The predicted octanol–water partition coefficient (Wildman–Crippen LogP) is 2.96. The molecule has 2 aromatic carbocycles. The number of nitrogens with one attached hydrogen (secondary N) is 2. The van der Waals surface area contributed by atoms with Gasteiger partial charge in [-0.25, -0.2) is 0 Å². The van der Waals surface area contributed by atoms with Crippen LogP contribution in [0, 0.1) is 5.41 Å². The number of carbonyl (C=O) groups is 2. The van der Waals surface area contributed by atoms with Crippen LogP contribution in [-0.2, 0) is 14.3 Å². The number of carbonyl (C=O) groups excluding carboxylic acids is 2. The molecule has 1 aliphatic carbocycles. The fourth-order valence-corrected chi connectivity index (χ4v) is 2.60. The van der Waals surface area contributed by atoms with E-state index in [0.717, 1.165) is 5.75 Å². The van der Waals surface area contributed by atoms with E-state index < -0.39 is 5.41 Å². The highest BCUT2D eigenvalue weighted by Gasteiger charge is 2.56. The molecule has 0 bridgehead atoms. The predicted molar refractivity (Wildman–Crippen MR) is 98.1 cm³/mol. The SMILES string of the molecule is COCCNC(=O)C1(C(=O)Nc2ccc(Oc3ccccc3)cc2)CC1. The van der Waals surface area contributed by atoms with E-state index in [1.807, 2.05) is 30.3 Å². The number of amides is 2. The van der Waals surface area contributed by atoms with Crippen molar-refractivity contribution in [1.29, 1.82) is 0 Å². The van der Waals surface area contributed by atoms with E-state index in [4.69, 9.17) is 9.47 Å².